The van der Waals surface area contributed by atoms with Gasteiger partial charge in [0.05, 0.1) is 28.0 Å². The van der Waals surface area contributed by atoms with E-state index in [9.17, 15) is 23.5 Å². The summed E-state index contributed by atoms with van der Waals surface area (Å²) in [6.07, 6.45) is 4.96. The van der Waals surface area contributed by atoms with E-state index in [0.29, 0.717) is 35.7 Å². The molecule has 3 aromatic rings. The van der Waals surface area contributed by atoms with Crippen LogP contribution in [0.3, 0.4) is 0 Å². The number of pyridine rings is 1. The van der Waals surface area contributed by atoms with Crippen LogP contribution in [0.4, 0.5) is 8.78 Å². The number of thiophene rings is 1. The molecule has 2 aliphatic rings. The van der Waals surface area contributed by atoms with Gasteiger partial charge in [0.1, 0.15) is 11.6 Å². The highest BCUT2D eigenvalue weighted by atomic mass is 32.1. The minimum absolute atomic E-state index is 0.0952. The lowest BCUT2D eigenvalue weighted by molar-refractivity contribution is -0.127. The van der Waals surface area contributed by atoms with Gasteiger partial charge in [0, 0.05) is 47.5 Å². The van der Waals surface area contributed by atoms with E-state index >= 15 is 0 Å². The van der Waals surface area contributed by atoms with E-state index in [1.54, 1.807) is 18.3 Å². The minimum atomic E-state index is -0.781. The maximum Gasteiger partial charge on any atom is 0.261 e. The van der Waals surface area contributed by atoms with Crippen LogP contribution in [-0.2, 0) is 10.3 Å². The second-order valence-electron chi connectivity index (χ2n) is 12.7. The number of likely N-dealkylation sites (tertiary alicyclic amines) is 1. The Bertz CT molecular complexity index is 1470. The molecule has 2 aromatic heterocycles. The predicted molar refractivity (Wildman–Crippen MR) is 159 cm³/mol. The van der Waals surface area contributed by atoms with Crippen LogP contribution >= 0.6 is 11.3 Å². The Morgan fingerprint density at radius 2 is 1.83 bits per heavy atom. The third kappa shape index (κ3) is 6.71. The molecule has 0 spiro atoms. The number of benzene rings is 1. The summed E-state index contributed by atoms with van der Waals surface area (Å²) in [4.78, 5) is 34.4. The summed E-state index contributed by atoms with van der Waals surface area (Å²) in [6, 6.07) is 10.8. The van der Waals surface area contributed by atoms with Gasteiger partial charge in [0.15, 0.2) is 0 Å². The van der Waals surface area contributed by atoms with Crippen molar-refractivity contribution < 1.29 is 23.5 Å². The molecule has 1 aromatic carbocycles. The molecule has 42 heavy (non-hydrogen) atoms. The number of amides is 2. The highest BCUT2D eigenvalue weighted by Crippen LogP contribution is 2.37. The zero-order chi connectivity index (χ0) is 30.3. The number of nitrogens with one attached hydrogen (secondary N) is 2. The van der Waals surface area contributed by atoms with Gasteiger partial charge in [-0.1, -0.05) is 0 Å². The van der Waals surface area contributed by atoms with Crippen molar-refractivity contribution in [2.75, 3.05) is 13.1 Å². The number of carbonyl (C=O) groups is 2. The van der Waals surface area contributed by atoms with E-state index in [2.05, 4.69) is 20.5 Å². The number of aliphatic hydroxyl groups is 1. The van der Waals surface area contributed by atoms with Crippen LogP contribution in [-0.4, -0.2) is 57.1 Å². The first kappa shape index (κ1) is 30.3. The van der Waals surface area contributed by atoms with Crippen molar-refractivity contribution in [2.24, 2.45) is 0 Å². The molecule has 5 rings (SSSR count). The van der Waals surface area contributed by atoms with Crippen LogP contribution in [0.15, 0.2) is 48.7 Å². The Morgan fingerprint density at radius 3 is 2.50 bits per heavy atom. The number of nitrogens with zero attached hydrogens (tertiary/aromatic N) is 2. The Hall–Kier alpha value is -3.21. The summed E-state index contributed by atoms with van der Waals surface area (Å²) in [5, 5.41) is 16.7. The monoisotopic (exact) mass is 596 g/mol. The van der Waals surface area contributed by atoms with Crippen LogP contribution in [0, 0.1) is 18.6 Å². The van der Waals surface area contributed by atoms with Crippen LogP contribution in [0.25, 0.3) is 10.4 Å². The average molecular weight is 597 g/mol. The lowest BCUT2D eigenvalue weighted by Crippen LogP contribution is -2.73. The van der Waals surface area contributed by atoms with Crippen molar-refractivity contribution in [3.8, 4) is 10.4 Å². The summed E-state index contributed by atoms with van der Waals surface area (Å²) in [5.74, 6) is -1.87. The predicted octanol–water partition coefficient (Wildman–Crippen LogP) is 5.32. The topological polar surface area (TPSA) is 94.6 Å². The van der Waals surface area contributed by atoms with E-state index in [1.165, 1.54) is 12.1 Å². The molecule has 1 saturated heterocycles. The lowest BCUT2D eigenvalue weighted by atomic mass is 9.78. The first-order valence-corrected chi connectivity index (χ1v) is 15.1. The normalized spacial score (nSPS) is 22.3. The second-order valence-corrected chi connectivity index (χ2v) is 13.8. The van der Waals surface area contributed by atoms with Gasteiger partial charge < -0.3 is 15.7 Å². The SMILES string of the molecule is Cc1cc(C(C)(C)NC(=O)CC2(NC(=O)c3ccc(-c4ccc(F)cc4F)s3)CN(C3CCC(C)(O)CC3)C2)ccn1. The molecule has 3 heterocycles. The first-order chi connectivity index (χ1) is 19.7. The second kappa shape index (κ2) is 11.5. The Kier molecular flexibility index (Phi) is 8.26. The number of hydrogen-bond donors (Lipinski definition) is 3. The lowest BCUT2D eigenvalue weighted by Gasteiger charge is -2.55. The van der Waals surface area contributed by atoms with E-state index in [0.717, 1.165) is 41.5 Å². The third-order valence-corrected chi connectivity index (χ3v) is 9.65. The van der Waals surface area contributed by atoms with Crippen molar-refractivity contribution >= 4 is 23.2 Å². The summed E-state index contributed by atoms with van der Waals surface area (Å²) in [6.45, 7) is 8.67. The zero-order valence-electron chi connectivity index (χ0n) is 24.5. The fraction of sp³-hybridized carbons (Fsp3) is 0.469. The number of carbonyl (C=O) groups excluding carboxylic acids is 2. The van der Waals surface area contributed by atoms with Gasteiger partial charge in [-0.3, -0.25) is 19.5 Å². The molecule has 0 atom stereocenters. The van der Waals surface area contributed by atoms with Crippen molar-refractivity contribution in [2.45, 2.75) is 82.5 Å². The highest BCUT2D eigenvalue weighted by molar-refractivity contribution is 7.17. The average Bonchev–Trinajstić information content (AvgIpc) is 3.37. The van der Waals surface area contributed by atoms with Gasteiger partial charge in [-0.05, 0) is 95.3 Å². The van der Waals surface area contributed by atoms with Crippen molar-refractivity contribution in [3.05, 3.63) is 76.4 Å². The Morgan fingerprint density at radius 1 is 1.12 bits per heavy atom. The molecule has 1 aliphatic heterocycles. The Balaban J connectivity index is 1.31. The molecule has 10 heteroatoms. The number of aromatic nitrogens is 1. The van der Waals surface area contributed by atoms with Crippen molar-refractivity contribution in [1.82, 2.24) is 20.5 Å². The maximum atomic E-state index is 14.4. The molecule has 0 bridgehead atoms. The van der Waals surface area contributed by atoms with E-state index < -0.39 is 28.3 Å². The first-order valence-electron chi connectivity index (χ1n) is 14.3. The van der Waals surface area contributed by atoms with Gasteiger partial charge in [0.2, 0.25) is 5.91 Å². The number of aryl methyl sites for hydroxylation is 1. The van der Waals surface area contributed by atoms with E-state index in [1.807, 2.05) is 39.8 Å². The van der Waals surface area contributed by atoms with E-state index in [4.69, 9.17) is 0 Å². The summed E-state index contributed by atoms with van der Waals surface area (Å²) < 4.78 is 27.8. The molecule has 1 aliphatic carbocycles. The van der Waals surface area contributed by atoms with Gasteiger partial charge in [-0.25, -0.2) is 8.78 Å². The molecule has 2 fully saturated rings. The van der Waals surface area contributed by atoms with E-state index in [-0.39, 0.29) is 29.8 Å². The van der Waals surface area contributed by atoms with Crippen molar-refractivity contribution in [3.63, 3.8) is 0 Å². The standard InChI is InChI=1S/C32H38F2N4O3S/c1-20-15-21(11-14-35-20)30(2,3)36-28(39)17-32(18-38(19-32)23-9-12-31(4,41)13-10-23)37-29(40)27-8-7-26(42-27)24-6-5-22(33)16-25(24)34/h5-8,11,14-16,23,41H,9-10,12-13,17-19H2,1-4H3,(H,36,39)(H,37,40). The zero-order valence-corrected chi connectivity index (χ0v) is 25.3. The van der Waals surface area contributed by atoms with Crippen molar-refractivity contribution in [1.29, 1.82) is 0 Å². The Labute approximate surface area is 249 Å². The van der Waals surface area contributed by atoms with Gasteiger partial charge in [0.25, 0.3) is 5.91 Å². The van der Waals surface area contributed by atoms with Gasteiger partial charge >= 0.3 is 0 Å². The molecule has 2 amide bonds. The molecular weight excluding hydrogens is 558 g/mol. The van der Waals surface area contributed by atoms with Gasteiger partial charge in [-0.2, -0.15) is 0 Å². The molecule has 0 radical (unpaired) electrons. The van der Waals surface area contributed by atoms with Crippen LogP contribution in [0.2, 0.25) is 0 Å². The molecule has 224 valence electrons. The quantitative estimate of drug-likeness (QED) is 0.328. The fourth-order valence-electron chi connectivity index (χ4n) is 6.12. The number of rotatable bonds is 8. The third-order valence-electron chi connectivity index (χ3n) is 8.53. The highest BCUT2D eigenvalue weighted by Gasteiger charge is 2.49. The number of halogens is 2. The van der Waals surface area contributed by atoms with Crippen LogP contribution in [0.5, 0.6) is 0 Å². The summed E-state index contributed by atoms with van der Waals surface area (Å²) >= 11 is 1.12. The minimum Gasteiger partial charge on any atom is -0.390 e. The van der Waals surface area contributed by atoms with Gasteiger partial charge in [-0.15, -0.1) is 11.3 Å². The fourth-order valence-corrected chi connectivity index (χ4v) is 7.05. The summed E-state index contributed by atoms with van der Waals surface area (Å²) in [7, 11) is 0. The summed E-state index contributed by atoms with van der Waals surface area (Å²) in [5.41, 5.74) is -0.0521. The molecule has 3 N–H and O–H groups in total. The number of hydrogen-bond acceptors (Lipinski definition) is 6. The maximum absolute atomic E-state index is 14.4. The molecule has 7 nitrogen and oxygen atoms in total. The largest absolute Gasteiger partial charge is 0.390 e. The molecule has 1 saturated carbocycles. The molecular formula is C32H38F2N4O3S. The van der Waals surface area contributed by atoms with Crippen LogP contribution < -0.4 is 10.6 Å². The smallest absolute Gasteiger partial charge is 0.261 e. The van der Waals surface area contributed by atoms with Crippen LogP contribution in [0.1, 0.15) is 73.8 Å². The molecule has 0 unspecified atom stereocenters.